The van der Waals surface area contributed by atoms with Crippen molar-refractivity contribution >= 4 is 33.0 Å². The zero-order valence-electron chi connectivity index (χ0n) is 16.6. The third-order valence-electron chi connectivity index (χ3n) is 4.99. The van der Waals surface area contributed by atoms with Crippen molar-refractivity contribution in [2.45, 2.75) is 24.7 Å². The summed E-state index contributed by atoms with van der Waals surface area (Å²) in [5.41, 5.74) is 1.51. The Morgan fingerprint density at radius 1 is 1.20 bits per heavy atom. The predicted octanol–water partition coefficient (Wildman–Crippen LogP) is 3.63. The first-order chi connectivity index (χ1) is 14.2. The van der Waals surface area contributed by atoms with E-state index in [1.54, 1.807) is 18.5 Å². The van der Waals surface area contributed by atoms with E-state index in [9.17, 15) is 17.6 Å². The number of likely N-dealkylation sites (tertiary alicyclic amines) is 1. The largest absolute Gasteiger partial charge is 0.347 e. The normalized spacial score (nSPS) is 14.3. The lowest BCUT2D eigenvalue weighted by atomic mass is 10.3. The molecule has 1 fully saturated rings. The summed E-state index contributed by atoms with van der Waals surface area (Å²) in [6.45, 7) is 3.31. The molecule has 1 amide bonds. The van der Waals surface area contributed by atoms with Gasteiger partial charge in [0.15, 0.2) is 0 Å². The van der Waals surface area contributed by atoms with Gasteiger partial charge in [-0.25, -0.2) is 17.8 Å². The van der Waals surface area contributed by atoms with Crippen molar-refractivity contribution in [3.05, 3.63) is 52.9 Å². The van der Waals surface area contributed by atoms with Crippen molar-refractivity contribution in [2.75, 3.05) is 17.8 Å². The maximum atomic E-state index is 13.1. The lowest BCUT2D eigenvalue weighted by molar-refractivity contribution is 0.0796. The van der Waals surface area contributed by atoms with Crippen LogP contribution < -0.4 is 4.72 Å². The number of benzene rings is 1. The Morgan fingerprint density at radius 3 is 2.53 bits per heavy atom. The van der Waals surface area contributed by atoms with E-state index in [2.05, 4.69) is 9.71 Å². The van der Waals surface area contributed by atoms with E-state index in [0.29, 0.717) is 21.3 Å². The molecule has 3 aromatic rings. The highest BCUT2D eigenvalue weighted by atomic mass is 32.2. The monoisotopic (exact) mass is 448 g/mol. The van der Waals surface area contributed by atoms with Crippen LogP contribution in [0.5, 0.6) is 0 Å². The van der Waals surface area contributed by atoms with Crippen LogP contribution >= 0.6 is 11.3 Å². The summed E-state index contributed by atoms with van der Waals surface area (Å²) in [7, 11) is -2.13. The molecule has 2 aromatic heterocycles. The molecule has 0 saturated carbocycles. The standard InChI is InChI=1S/C20H21FN4O3S2/c1-13-18(20(26)25-9-3-4-10-25)29-19(22-13)17-11-16(12-24(17)2)30(27,28)23-15-7-5-14(21)6-8-15/h5-8,11-12,23H,3-4,9-10H2,1-2H3. The number of nitrogens with zero attached hydrogens (tertiary/aromatic N) is 3. The van der Waals surface area contributed by atoms with Gasteiger partial charge < -0.3 is 9.47 Å². The number of hydrogen-bond donors (Lipinski definition) is 1. The van der Waals surface area contributed by atoms with Crippen molar-refractivity contribution in [2.24, 2.45) is 7.05 Å². The zero-order chi connectivity index (χ0) is 21.5. The Balaban J connectivity index is 1.62. The van der Waals surface area contributed by atoms with Crippen LogP contribution in [0.3, 0.4) is 0 Å². The van der Waals surface area contributed by atoms with Gasteiger partial charge in [0.2, 0.25) is 0 Å². The summed E-state index contributed by atoms with van der Waals surface area (Å²) >= 11 is 1.27. The number of thiazole rings is 1. The molecule has 1 N–H and O–H groups in total. The molecular weight excluding hydrogens is 427 g/mol. The summed E-state index contributed by atoms with van der Waals surface area (Å²) in [4.78, 5) is 19.7. The number of carbonyl (C=O) groups excluding carboxylic acids is 1. The number of anilines is 1. The third kappa shape index (κ3) is 3.97. The van der Waals surface area contributed by atoms with Crippen LogP contribution in [0.4, 0.5) is 10.1 Å². The summed E-state index contributed by atoms with van der Waals surface area (Å²) in [5.74, 6) is -0.466. The van der Waals surface area contributed by atoms with Crippen LogP contribution in [0.25, 0.3) is 10.7 Å². The van der Waals surface area contributed by atoms with Crippen LogP contribution in [0.15, 0.2) is 41.4 Å². The average molecular weight is 449 g/mol. The molecule has 4 rings (SSSR count). The molecule has 0 bridgehead atoms. The number of sulfonamides is 1. The van der Waals surface area contributed by atoms with Gasteiger partial charge in [-0.15, -0.1) is 11.3 Å². The lowest BCUT2D eigenvalue weighted by Crippen LogP contribution is -2.27. The molecule has 3 heterocycles. The number of aryl methyl sites for hydroxylation is 2. The van der Waals surface area contributed by atoms with Crippen molar-refractivity contribution in [1.82, 2.24) is 14.5 Å². The second kappa shape index (κ2) is 7.84. The maximum Gasteiger partial charge on any atom is 0.265 e. The zero-order valence-corrected chi connectivity index (χ0v) is 18.2. The molecule has 30 heavy (non-hydrogen) atoms. The number of halogens is 1. The van der Waals surface area contributed by atoms with Gasteiger partial charge in [0.1, 0.15) is 20.6 Å². The highest BCUT2D eigenvalue weighted by molar-refractivity contribution is 7.92. The minimum atomic E-state index is -3.86. The van der Waals surface area contributed by atoms with E-state index in [1.165, 1.54) is 47.9 Å². The van der Waals surface area contributed by atoms with Crippen molar-refractivity contribution in [3.63, 3.8) is 0 Å². The Bertz CT molecular complexity index is 1190. The highest BCUT2D eigenvalue weighted by Crippen LogP contribution is 2.32. The van der Waals surface area contributed by atoms with E-state index >= 15 is 0 Å². The molecule has 1 aliphatic rings. The van der Waals surface area contributed by atoms with Gasteiger partial charge in [0.05, 0.1) is 11.4 Å². The van der Waals surface area contributed by atoms with Crippen LogP contribution in [-0.2, 0) is 17.1 Å². The van der Waals surface area contributed by atoms with Gasteiger partial charge in [0.25, 0.3) is 15.9 Å². The van der Waals surface area contributed by atoms with Crippen molar-refractivity contribution in [1.29, 1.82) is 0 Å². The predicted molar refractivity (Wildman–Crippen MR) is 114 cm³/mol. The Morgan fingerprint density at radius 2 is 1.87 bits per heavy atom. The minimum Gasteiger partial charge on any atom is -0.347 e. The van der Waals surface area contributed by atoms with Crippen LogP contribution in [0.2, 0.25) is 0 Å². The second-order valence-electron chi connectivity index (χ2n) is 7.22. The molecule has 0 radical (unpaired) electrons. The molecular formula is C20H21FN4O3S2. The fraction of sp³-hybridized carbons (Fsp3) is 0.300. The van der Waals surface area contributed by atoms with Crippen LogP contribution in [0, 0.1) is 12.7 Å². The topological polar surface area (TPSA) is 84.3 Å². The van der Waals surface area contributed by atoms with E-state index < -0.39 is 15.8 Å². The van der Waals surface area contributed by atoms with Crippen LogP contribution in [-0.4, -0.2) is 41.9 Å². The maximum absolute atomic E-state index is 13.1. The molecule has 0 spiro atoms. The van der Waals surface area contributed by atoms with Crippen molar-refractivity contribution in [3.8, 4) is 10.7 Å². The minimum absolute atomic E-state index is 0.0196. The summed E-state index contributed by atoms with van der Waals surface area (Å²) in [6, 6.07) is 6.61. The second-order valence-corrected chi connectivity index (χ2v) is 9.90. The SMILES string of the molecule is Cc1nc(-c2cc(S(=O)(=O)Nc3ccc(F)cc3)cn2C)sc1C(=O)N1CCCC1. The molecule has 1 saturated heterocycles. The van der Waals surface area contributed by atoms with Gasteiger partial charge in [-0.2, -0.15) is 0 Å². The van der Waals surface area contributed by atoms with Crippen molar-refractivity contribution < 1.29 is 17.6 Å². The van der Waals surface area contributed by atoms with Gasteiger partial charge in [-0.1, -0.05) is 0 Å². The first kappa shape index (κ1) is 20.5. The Kier molecular flexibility index (Phi) is 5.37. The molecule has 158 valence electrons. The van der Waals surface area contributed by atoms with E-state index in [0.717, 1.165) is 25.9 Å². The first-order valence-corrected chi connectivity index (χ1v) is 11.8. The number of amides is 1. The summed E-state index contributed by atoms with van der Waals surface area (Å²) < 4.78 is 42.7. The molecule has 1 aliphatic heterocycles. The summed E-state index contributed by atoms with van der Waals surface area (Å²) in [6.07, 6.45) is 3.51. The number of aromatic nitrogens is 2. The van der Waals surface area contributed by atoms with Gasteiger partial charge in [-0.05, 0) is 50.1 Å². The molecule has 10 heteroatoms. The quantitative estimate of drug-likeness (QED) is 0.646. The smallest absolute Gasteiger partial charge is 0.265 e. The summed E-state index contributed by atoms with van der Waals surface area (Å²) in [5, 5.41) is 0.584. The van der Waals surface area contributed by atoms with Gasteiger partial charge >= 0.3 is 0 Å². The molecule has 7 nitrogen and oxygen atoms in total. The first-order valence-electron chi connectivity index (χ1n) is 9.46. The number of nitrogens with one attached hydrogen (secondary N) is 1. The fourth-order valence-electron chi connectivity index (χ4n) is 3.39. The third-order valence-corrected chi connectivity index (χ3v) is 7.51. The Labute approximate surface area is 178 Å². The average Bonchev–Trinajstić information content (AvgIpc) is 3.43. The highest BCUT2D eigenvalue weighted by Gasteiger charge is 2.26. The van der Waals surface area contributed by atoms with Crippen LogP contribution in [0.1, 0.15) is 28.2 Å². The lowest BCUT2D eigenvalue weighted by Gasteiger charge is -2.13. The molecule has 0 unspecified atom stereocenters. The van der Waals surface area contributed by atoms with Gasteiger partial charge in [0, 0.05) is 32.0 Å². The fourth-order valence-corrected chi connectivity index (χ4v) is 5.62. The van der Waals surface area contributed by atoms with E-state index in [-0.39, 0.29) is 16.5 Å². The number of rotatable bonds is 5. The molecule has 0 aliphatic carbocycles. The van der Waals surface area contributed by atoms with E-state index in [4.69, 9.17) is 0 Å². The number of hydrogen-bond acceptors (Lipinski definition) is 5. The molecule has 1 aromatic carbocycles. The van der Waals surface area contributed by atoms with E-state index in [1.807, 2.05) is 4.90 Å². The molecule has 0 atom stereocenters. The Hall–Kier alpha value is -2.72. The van der Waals surface area contributed by atoms with Gasteiger partial charge in [-0.3, -0.25) is 9.52 Å². The number of carbonyl (C=O) groups is 1.